The average molecular weight is 159 g/mol. The van der Waals surface area contributed by atoms with Crippen LogP contribution in [0.25, 0.3) is 0 Å². The second-order valence-corrected chi connectivity index (χ2v) is 2.16. The van der Waals surface area contributed by atoms with Gasteiger partial charge in [0.05, 0.1) is 6.61 Å². The maximum Gasteiger partial charge on any atom is 0.243 e. The first-order chi connectivity index (χ1) is 5.16. The van der Waals surface area contributed by atoms with Crippen LogP contribution < -0.4 is 5.48 Å². The molecule has 0 unspecified atom stereocenters. The van der Waals surface area contributed by atoms with Crippen LogP contribution in [0, 0.1) is 0 Å². The van der Waals surface area contributed by atoms with Crippen LogP contribution in [0.4, 0.5) is 0 Å². The first-order valence-electron chi connectivity index (χ1n) is 3.57. The maximum atomic E-state index is 10.7. The van der Waals surface area contributed by atoms with Gasteiger partial charge in [0.25, 0.3) is 0 Å². The highest BCUT2D eigenvalue weighted by molar-refractivity contribution is 5.82. The summed E-state index contributed by atoms with van der Waals surface area (Å²) in [7, 11) is 0. The number of hydrogen-bond acceptors (Lipinski definition) is 3. The average Bonchev–Trinajstić information content (AvgIpc) is 1.97. The Hall–Kier alpha value is -0.900. The maximum absolute atomic E-state index is 10.7. The highest BCUT2D eigenvalue weighted by atomic mass is 16.6. The lowest BCUT2D eigenvalue weighted by molar-refractivity contribution is -0.134. The van der Waals surface area contributed by atoms with Crippen molar-refractivity contribution >= 4 is 11.7 Å². The molecule has 0 rings (SSSR count). The van der Waals surface area contributed by atoms with Gasteiger partial charge < -0.3 is 4.79 Å². The topological polar surface area (TPSA) is 55.4 Å². The van der Waals surface area contributed by atoms with Crippen LogP contribution in [0.1, 0.15) is 26.7 Å². The van der Waals surface area contributed by atoms with Gasteiger partial charge in [0, 0.05) is 12.8 Å². The highest BCUT2D eigenvalue weighted by Gasteiger charge is 2.01. The predicted molar refractivity (Wildman–Crippen MR) is 39.7 cm³/mol. The second-order valence-electron chi connectivity index (χ2n) is 2.16. The molecule has 0 saturated carbocycles. The summed E-state index contributed by atoms with van der Waals surface area (Å²) in [6, 6.07) is 0. The first kappa shape index (κ1) is 10.1. The summed E-state index contributed by atoms with van der Waals surface area (Å²) in [4.78, 5) is 25.7. The molecule has 0 heterocycles. The molecule has 0 aliphatic heterocycles. The molecule has 0 spiro atoms. The SMILES string of the molecule is CCONC(=O)CCC(C)=O. The number of ketones is 1. The van der Waals surface area contributed by atoms with Gasteiger partial charge in [-0.3, -0.25) is 9.63 Å². The van der Waals surface area contributed by atoms with Crippen molar-refractivity contribution in [1.82, 2.24) is 5.48 Å². The van der Waals surface area contributed by atoms with Crippen molar-refractivity contribution < 1.29 is 14.4 Å². The Balaban J connectivity index is 3.30. The monoisotopic (exact) mass is 159 g/mol. The molecule has 1 amide bonds. The minimum Gasteiger partial charge on any atom is -0.300 e. The third-order valence-corrected chi connectivity index (χ3v) is 1.03. The zero-order valence-electron chi connectivity index (χ0n) is 6.85. The number of rotatable bonds is 5. The Kier molecular flexibility index (Phi) is 5.37. The number of carbonyl (C=O) groups excluding carboxylic acids is 2. The Morgan fingerprint density at radius 1 is 1.36 bits per heavy atom. The van der Waals surface area contributed by atoms with Gasteiger partial charge in [0.15, 0.2) is 0 Å². The van der Waals surface area contributed by atoms with E-state index in [2.05, 4.69) is 10.3 Å². The van der Waals surface area contributed by atoms with Crippen LogP contribution >= 0.6 is 0 Å². The summed E-state index contributed by atoms with van der Waals surface area (Å²) in [6.45, 7) is 3.66. The highest BCUT2D eigenvalue weighted by Crippen LogP contribution is 1.89. The van der Waals surface area contributed by atoms with Crippen LogP contribution in [-0.4, -0.2) is 18.3 Å². The van der Waals surface area contributed by atoms with Crippen molar-refractivity contribution in [2.45, 2.75) is 26.7 Å². The van der Waals surface area contributed by atoms with Crippen molar-refractivity contribution in [1.29, 1.82) is 0 Å². The molecule has 0 aromatic heterocycles. The van der Waals surface area contributed by atoms with Gasteiger partial charge in [-0.1, -0.05) is 0 Å². The number of carbonyl (C=O) groups is 2. The van der Waals surface area contributed by atoms with Crippen molar-refractivity contribution in [2.75, 3.05) is 6.61 Å². The van der Waals surface area contributed by atoms with Gasteiger partial charge in [-0.2, -0.15) is 0 Å². The van der Waals surface area contributed by atoms with E-state index >= 15 is 0 Å². The molecular weight excluding hydrogens is 146 g/mol. The van der Waals surface area contributed by atoms with Crippen LogP contribution in [0.15, 0.2) is 0 Å². The summed E-state index contributed by atoms with van der Waals surface area (Å²) in [5.74, 6) is -0.237. The molecule has 0 saturated heterocycles. The molecule has 0 aromatic carbocycles. The van der Waals surface area contributed by atoms with Crippen LogP contribution in [0.5, 0.6) is 0 Å². The summed E-state index contributed by atoms with van der Waals surface area (Å²) in [5, 5.41) is 0. The smallest absolute Gasteiger partial charge is 0.243 e. The zero-order chi connectivity index (χ0) is 8.69. The van der Waals surface area contributed by atoms with Gasteiger partial charge in [0.2, 0.25) is 5.91 Å². The molecule has 4 nitrogen and oxygen atoms in total. The third-order valence-electron chi connectivity index (χ3n) is 1.03. The molecule has 64 valence electrons. The minimum absolute atomic E-state index is 0.0108. The zero-order valence-corrected chi connectivity index (χ0v) is 6.85. The fourth-order valence-electron chi connectivity index (χ4n) is 0.493. The lowest BCUT2D eigenvalue weighted by Gasteiger charge is -2.01. The van der Waals surface area contributed by atoms with Gasteiger partial charge >= 0.3 is 0 Å². The molecule has 0 aliphatic carbocycles. The van der Waals surface area contributed by atoms with E-state index in [1.165, 1.54) is 6.92 Å². The Labute approximate surface area is 65.9 Å². The van der Waals surface area contributed by atoms with Crippen LogP contribution in [-0.2, 0) is 14.4 Å². The molecule has 0 radical (unpaired) electrons. The molecule has 0 aliphatic rings. The standard InChI is InChI=1S/C7H13NO3/c1-3-11-8-7(10)5-4-6(2)9/h3-5H2,1-2H3,(H,8,10). The van der Waals surface area contributed by atoms with Gasteiger partial charge in [-0.15, -0.1) is 0 Å². The number of nitrogens with one attached hydrogen (secondary N) is 1. The van der Waals surface area contributed by atoms with Crippen molar-refractivity contribution in [2.24, 2.45) is 0 Å². The molecule has 11 heavy (non-hydrogen) atoms. The predicted octanol–water partition coefficient (Wildman–Crippen LogP) is 0.423. The van der Waals surface area contributed by atoms with Gasteiger partial charge in [-0.25, -0.2) is 5.48 Å². The molecule has 0 fully saturated rings. The number of hydrogen-bond donors (Lipinski definition) is 1. The summed E-state index contributed by atoms with van der Waals surface area (Å²) < 4.78 is 0. The summed E-state index contributed by atoms with van der Waals surface area (Å²) in [5.41, 5.74) is 2.20. The first-order valence-corrected chi connectivity index (χ1v) is 3.57. The molecule has 0 bridgehead atoms. The lowest BCUT2D eigenvalue weighted by atomic mass is 10.2. The van der Waals surface area contributed by atoms with E-state index in [0.29, 0.717) is 6.61 Å². The van der Waals surface area contributed by atoms with Crippen molar-refractivity contribution in [3.05, 3.63) is 0 Å². The van der Waals surface area contributed by atoms with Crippen molar-refractivity contribution in [3.63, 3.8) is 0 Å². The summed E-state index contributed by atoms with van der Waals surface area (Å²) >= 11 is 0. The molecule has 0 atom stereocenters. The van der Waals surface area contributed by atoms with E-state index in [9.17, 15) is 9.59 Å². The quantitative estimate of drug-likeness (QED) is 0.591. The molecule has 4 heteroatoms. The van der Waals surface area contributed by atoms with E-state index in [1.54, 1.807) is 6.92 Å². The largest absolute Gasteiger partial charge is 0.300 e. The van der Waals surface area contributed by atoms with E-state index in [1.807, 2.05) is 0 Å². The molecular formula is C7H13NO3. The van der Waals surface area contributed by atoms with Gasteiger partial charge in [0.1, 0.15) is 5.78 Å². The molecule has 1 N–H and O–H groups in total. The number of amides is 1. The van der Waals surface area contributed by atoms with Crippen LogP contribution in [0.2, 0.25) is 0 Å². The summed E-state index contributed by atoms with van der Waals surface area (Å²) in [6.07, 6.45) is 0.480. The van der Waals surface area contributed by atoms with Gasteiger partial charge in [-0.05, 0) is 13.8 Å². The number of hydroxylamine groups is 1. The van der Waals surface area contributed by atoms with E-state index < -0.39 is 0 Å². The Bertz CT molecular complexity index is 145. The van der Waals surface area contributed by atoms with E-state index in [-0.39, 0.29) is 24.5 Å². The lowest BCUT2D eigenvalue weighted by Crippen LogP contribution is -2.23. The van der Waals surface area contributed by atoms with E-state index in [4.69, 9.17) is 0 Å². The minimum atomic E-state index is -0.248. The normalized spacial score (nSPS) is 9.27. The molecule has 0 aromatic rings. The Morgan fingerprint density at radius 3 is 2.45 bits per heavy atom. The fraction of sp³-hybridized carbons (Fsp3) is 0.714. The second kappa shape index (κ2) is 5.85. The third kappa shape index (κ3) is 6.99. The van der Waals surface area contributed by atoms with Crippen LogP contribution in [0.3, 0.4) is 0 Å². The van der Waals surface area contributed by atoms with E-state index in [0.717, 1.165) is 0 Å². The Morgan fingerprint density at radius 2 is 2.00 bits per heavy atom. The van der Waals surface area contributed by atoms with Crippen molar-refractivity contribution in [3.8, 4) is 0 Å². The number of Topliss-reactive ketones (excluding diaryl/α,β-unsaturated/α-hetero) is 1. The fourth-order valence-corrected chi connectivity index (χ4v) is 0.493.